The molecule has 3 heterocycles. The second-order valence-electron chi connectivity index (χ2n) is 13.0. The molecule has 9 atom stereocenters. The van der Waals surface area contributed by atoms with E-state index < -0.39 is 40.8 Å². The number of nitrogens with one attached hydrogen (secondary N) is 4. The summed E-state index contributed by atoms with van der Waals surface area (Å²) in [5, 5.41) is 11.8. The summed E-state index contributed by atoms with van der Waals surface area (Å²) in [5.41, 5.74) is -0.850. The number of benzene rings is 1. The van der Waals surface area contributed by atoms with E-state index in [0.717, 1.165) is 5.56 Å². The van der Waals surface area contributed by atoms with Gasteiger partial charge in [0.05, 0.1) is 11.7 Å². The summed E-state index contributed by atoms with van der Waals surface area (Å²) in [5.74, 6) is -2.44. The molecular weight excluding hydrogens is 532 g/mol. The van der Waals surface area contributed by atoms with Crippen molar-refractivity contribution in [1.82, 2.24) is 21.3 Å². The largest absolute Gasteiger partial charge is 0.365 e. The first-order valence-corrected chi connectivity index (χ1v) is 15.2. The standard InChI is InChI=1S/C33H44N4O5/c1-19(2)17-25-29(39)35-21(4)28(38)34-16-12-7-6-11-15-23-27-32(5,42-27)20(3)26-24(18-22-13-9-8-10-14-22)36-30(40)33(23,26)31(41)37-25/h7-15,19-21,23-27H,6,16-18H2,1-5H3,(H,34,38)(H,35,39)(H,36,40)(H,37,41)/b12-7-,15-11+/t20-,21+,23?,24-,25-,26?,27-,32+,33+/m0/s1. The highest BCUT2D eigenvalue weighted by atomic mass is 16.6. The van der Waals surface area contributed by atoms with Gasteiger partial charge < -0.3 is 26.0 Å². The van der Waals surface area contributed by atoms with Crippen LogP contribution < -0.4 is 21.3 Å². The first-order chi connectivity index (χ1) is 20.0. The third-order valence-corrected chi connectivity index (χ3v) is 9.77. The Kier molecular flexibility index (Phi) is 8.34. The smallest absolute Gasteiger partial charge is 0.243 e. The predicted molar refractivity (Wildman–Crippen MR) is 159 cm³/mol. The van der Waals surface area contributed by atoms with E-state index in [2.05, 4.69) is 35.1 Å². The molecule has 1 spiro atoms. The monoisotopic (exact) mass is 576 g/mol. The fraction of sp³-hybridized carbons (Fsp3) is 0.576. The second-order valence-corrected chi connectivity index (χ2v) is 13.0. The van der Waals surface area contributed by atoms with Crippen molar-refractivity contribution in [3.05, 3.63) is 60.2 Å². The molecule has 1 saturated carbocycles. The van der Waals surface area contributed by atoms with E-state index in [1.165, 1.54) is 0 Å². The fourth-order valence-corrected chi connectivity index (χ4v) is 7.45. The van der Waals surface area contributed by atoms with Gasteiger partial charge in [0.1, 0.15) is 17.5 Å². The van der Waals surface area contributed by atoms with Crippen LogP contribution in [0.25, 0.3) is 0 Å². The number of fused-ring (bicyclic) bond motifs is 2. The normalized spacial score (nSPS) is 40.0. The number of allylic oxidation sites excluding steroid dienone is 2. The first kappa shape index (κ1) is 30.0. The minimum atomic E-state index is -1.46. The van der Waals surface area contributed by atoms with Crippen molar-refractivity contribution in [1.29, 1.82) is 0 Å². The Morgan fingerprint density at radius 3 is 2.36 bits per heavy atom. The van der Waals surface area contributed by atoms with E-state index in [9.17, 15) is 19.2 Å². The maximum Gasteiger partial charge on any atom is 0.243 e. The molecule has 1 aliphatic carbocycles. The van der Waals surface area contributed by atoms with Crippen molar-refractivity contribution in [3.63, 3.8) is 0 Å². The molecule has 0 bridgehead atoms. The van der Waals surface area contributed by atoms with Crippen molar-refractivity contribution >= 4 is 23.6 Å². The van der Waals surface area contributed by atoms with Gasteiger partial charge in [-0.1, -0.05) is 75.4 Å². The lowest BCUT2D eigenvalue weighted by Crippen LogP contribution is -2.63. The van der Waals surface area contributed by atoms with Crippen LogP contribution in [0.1, 0.15) is 53.0 Å². The number of carbonyl (C=O) groups is 4. The van der Waals surface area contributed by atoms with Crippen LogP contribution in [-0.2, 0) is 30.3 Å². The van der Waals surface area contributed by atoms with E-state index in [0.29, 0.717) is 25.8 Å². The lowest BCUT2D eigenvalue weighted by Gasteiger charge is -2.46. The molecule has 1 aromatic rings. The van der Waals surface area contributed by atoms with Crippen molar-refractivity contribution in [2.45, 2.75) is 83.7 Å². The number of ether oxygens (including phenoxy) is 1. The molecule has 1 aromatic carbocycles. The Balaban J connectivity index is 1.59. The van der Waals surface area contributed by atoms with Crippen LogP contribution in [0.4, 0.5) is 0 Å². The van der Waals surface area contributed by atoms with Gasteiger partial charge in [0.2, 0.25) is 23.6 Å². The van der Waals surface area contributed by atoms with Crippen molar-refractivity contribution in [2.24, 2.45) is 29.1 Å². The predicted octanol–water partition coefficient (Wildman–Crippen LogP) is 2.42. The third kappa shape index (κ3) is 5.27. The Labute approximate surface area is 248 Å². The molecule has 9 heteroatoms. The molecule has 9 nitrogen and oxygen atoms in total. The van der Waals surface area contributed by atoms with Gasteiger partial charge in [0.15, 0.2) is 0 Å². The van der Waals surface area contributed by atoms with Crippen LogP contribution in [0.15, 0.2) is 54.6 Å². The molecule has 2 saturated heterocycles. The zero-order valence-electron chi connectivity index (χ0n) is 25.2. The van der Waals surface area contributed by atoms with Crippen LogP contribution in [0.5, 0.6) is 0 Å². The van der Waals surface area contributed by atoms with Crippen LogP contribution in [-0.4, -0.2) is 60.0 Å². The average Bonchev–Trinajstić information content (AvgIpc) is 3.56. The Hall–Kier alpha value is -3.46. The van der Waals surface area contributed by atoms with Crippen molar-refractivity contribution in [2.75, 3.05) is 6.54 Å². The van der Waals surface area contributed by atoms with Crippen LogP contribution >= 0.6 is 0 Å². The quantitative estimate of drug-likeness (QED) is 0.249. The molecule has 4 aliphatic rings. The van der Waals surface area contributed by atoms with E-state index in [1.54, 1.807) is 6.92 Å². The van der Waals surface area contributed by atoms with Gasteiger partial charge in [-0.3, -0.25) is 19.2 Å². The van der Waals surface area contributed by atoms with Gasteiger partial charge in [-0.05, 0) is 50.5 Å². The summed E-state index contributed by atoms with van der Waals surface area (Å²) in [7, 11) is 0. The number of epoxide rings is 1. The zero-order chi connectivity index (χ0) is 30.2. The highest BCUT2D eigenvalue weighted by Gasteiger charge is 2.78. The number of hydrogen-bond donors (Lipinski definition) is 4. The SMILES string of the molecule is CC(C)C[C@@H]1NC(=O)[C@@]23C(=O)N[C@@H](Cc4ccccc4)C2[C@H](C)[C@@]2(C)O[C@H]2C3/C=C/C/C=C\CNC(=O)[C@@H](C)NC1=O. The van der Waals surface area contributed by atoms with Gasteiger partial charge in [-0.2, -0.15) is 0 Å². The number of hydrogen-bond acceptors (Lipinski definition) is 5. The molecule has 0 radical (unpaired) electrons. The number of amides is 4. The second kappa shape index (κ2) is 11.7. The van der Waals surface area contributed by atoms with Crippen LogP contribution in [0.3, 0.4) is 0 Å². The minimum absolute atomic E-state index is 0.0773. The Bertz CT molecular complexity index is 1280. The van der Waals surface area contributed by atoms with Crippen LogP contribution in [0.2, 0.25) is 0 Å². The summed E-state index contributed by atoms with van der Waals surface area (Å²) in [4.78, 5) is 55.1. The molecule has 5 rings (SSSR count). The molecule has 2 unspecified atom stereocenters. The van der Waals surface area contributed by atoms with Crippen LogP contribution in [0, 0.1) is 29.1 Å². The lowest BCUT2D eigenvalue weighted by molar-refractivity contribution is -0.151. The summed E-state index contributed by atoms with van der Waals surface area (Å²) < 4.78 is 6.36. The van der Waals surface area contributed by atoms with E-state index in [4.69, 9.17) is 4.74 Å². The molecule has 42 heavy (non-hydrogen) atoms. The topological polar surface area (TPSA) is 129 Å². The maximum absolute atomic E-state index is 14.7. The summed E-state index contributed by atoms with van der Waals surface area (Å²) >= 11 is 0. The molecule has 3 aliphatic heterocycles. The Morgan fingerprint density at radius 1 is 0.929 bits per heavy atom. The van der Waals surface area contributed by atoms with E-state index in [-0.39, 0.29) is 41.7 Å². The molecule has 0 aromatic heterocycles. The lowest BCUT2D eigenvalue weighted by atomic mass is 9.52. The number of carbonyl (C=O) groups excluding carboxylic acids is 4. The maximum atomic E-state index is 14.7. The summed E-state index contributed by atoms with van der Waals surface area (Å²) in [6.45, 7) is 10.1. The molecule has 4 N–H and O–H groups in total. The van der Waals surface area contributed by atoms with Crippen molar-refractivity contribution < 1.29 is 23.9 Å². The van der Waals surface area contributed by atoms with E-state index in [1.807, 2.05) is 68.5 Å². The molecule has 3 fully saturated rings. The highest BCUT2D eigenvalue weighted by Crippen LogP contribution is 2.65. The van der Waals surface area contributed by atoms with Gasteiger partial charge in [0, 0.05) is 24.4 Å². The molecule has 4 amide bonds. The highest BCUT2D eigenvalue weighted by molar-refractivity contribution is 6.09. The fourth-order valence-electron chi connectivity index (χ4n) is 7.45. The van der Waals surface area contributed by atoms with Crippen molar-refractivity contribution in [3.8, 4) is 0 Å². The first-order valence-electron chi connectivity index (χ1n) is 15.2. The molecular formula is C33H44N4O5. The summed E-state index contributed by atoms with van der Waals surface area (Å²) in [6, 6.07) is 7.99. The number of rotatable bonds is 4. The molecule has 226 valence electrons. The minimum Gasteiger partial charge on any atom is -0.365 e. The zero-order valence-corrected chi connectivity index (χ0v) is 25.2. The van der Waals surface area contributed by atoms with Gasteiger partial charge in [0.25, 0.3) is 0 Å². The van der Waals surface area contributed by atoms with Gasteiger partial charge >= 0.3 is 0 Å². The third-order valence-electron chi connectivity index (χ3n) is 9.77. The average molecular weight is 577 g/mol. The van der Waals surface area contributed by atoms with E-state index >= 15 is 0 Å². The Morgan fingerprint density at radius 2 is 1.64 bits per heavy atom. The van der Waals surface area contributed by atoms with Gasteiger partial charge in [-0.25, -0.2) is 0 Å². The summed E-state index contributed by atoms with van der Waals surface area (Å²) in [6.07, 6.45) is 8.94. The van der Waals surface area contributed by atoms with Gasteiger partial charge in [-0.15, -0.1) is 0 Å².